The second-order valence-electron chi connectivity index (χ2n) is 9.59. The zero-order chi connectivity index (χ0) is 23.3. The summed E-state index contributed by atoms with van der Waals surface area (Å²) in [5, 5.41) is 0. The van der Waals surface area contributed by atoms with Crippen LogP contribution in [0.15, 0.2) is 0 Å². The summed E-state index contributed by atoms with van der Waals surface area (Å²) < 4.78 is 30.5. The van der Waals surface area contributed by atoms with Crippen molar-refractivity contribution >= 4 is 27.8 Å². The molecule has 1 heterocycles. The number of sulfonamides is 1. The molecule has 30 heavy (non-hydrogen) atoms. The Bertz CT molecular complexity index is 726. The van der Waals surface area contributed by atoms with Crippen molar-refractivity contribution in [1.29, 1.82) is 0 Å². The van der Waals surface area contributed by atoms with E-state index < -0.39 is 45.4 Å². The molecule has 0 aliphatic carbocycles. The van der Waals surface area contributed by atoms with Crippen molar-refractivity contribution < 1.29 is 27.5 Å². The number of rotatable bonds is 9. The minimum absolute atomic E-state index is 0.159. The third-order valence-electron chi connectivity index (χ3n) is 4.96. The molecule has 1 aliphatic rings. The molecule has 1 saturated heterocycles. The van der Waals surface area contributed by atoms with Gasteiger partial charge in [-0.25, -0.2) is 8.42 Å². The third-order valence-corrected chi connectivity index (χ3v) is 5.53. The molecule has 0 bridgehead atoms. The van der Waals surface area contributed by atoms with Crippen molar-refractivity contribution in [3.63, 3.8) is 0 Å². The van der Waals surface area contributed by atoms with Crippen LogP contribution in [0.3, 0.4) is 0 Å². The van der Waals surface area contributed by atoms with Gasteiger partial charge in [-0.15, -0.1) is 0 Å². The van der Waals surface area contributed by atoms with Crippen LogP contribution in [0, 0.1) is 17.8 Å². The van der Waals surface area contributed by atoms with Gasteiger partial charge in [-0.3, -0.25) is 19.1 Å². The highest BCUT2D eigenvalue weighted by molar-refractivity contribution is 7.89. The van der Waals surface area contributed by atoms with Crippen LogP contribution in [0.4, 0.5) is 0 Å². The van der Waals surface area contributed by atoms with Crippen LogP contribution in [0.1, 0.15) is 73.6 Å². The molecular weight excluding hydrogens is 408 g/mol. The van der Waals surface area contributed by atoms with Crippen molar-refractivity contribution in [1.82, 2.24) is 9.62 Å². The summed E-state index contributed by atoms with van der Waals surface area (Å²) in [6, 6.07) is -0.845. The number of esters is 1. The largest absolute Gasteiger partial charge is 0.460 e. The summed E-state index contributed by atoms with van der Waals surface area (Å²) in [5.41, 5.74) is -0.667. The molecule has 1 rings (SSSR count). The molecule has 8 nitrogen and oxygen atoms in total. The van der Waals surface area contributed by atoms with Gasteiger partial charge in [0, 0.05) is 6.54 Å². The van der Waals surface area contributed by atoms with Crippen LogP contribution in [0.5, 0.6) is 0 Å². The van der Waals surface area contributed by atoms with Crippen molar-refractivity contribution in [3.05, 3.63) is 0 Å². The lowest BCUT2D eigenvalue weighted by molar-refractivity contribution is -0.166. The van der Waals surface area contributed by atoms with Gasteiger partial charge < -0.3 is 9.64 Å². The van der Waals surface area contributed by atoms with E-state index in [1.807, 2.05) is 25.5 Å². The Balaban J connectivity index is 3.19. The first-order chi connectivity index (χ1) is 13.7. The van der Waals surface area contributed by atoms with Gasteiger partial charge in [0.05, 0.1) is 18.1 Å². The van der Waals surface area contributed by atoms with E-state index >= 15 is 0 Å². The second-order valence-corrected chi connectivity index (χ2v) is 11.3. The molecule has 174 valence electrons. The summed E-state index contributed by atoms with van der Waals surface area (Å²) in [6.45, 7) is 11.7. The molecule has 1 unspecified atom stereocenters. The van der Waals surface area contributed by atoms with Crippen LogP contribution >= 0.6 is 0 Å². The number of ether oxygens (including phenoxy) is 1. The Morgan fingerprint density at radius 2 is 1.77 bits per heavy atom. The summed E-state index contributed by atoms with van der Waals surface area (Å²) in [4.78, 5) is 40.4. The van der Waals surface area contributed by atoms with Crippen molar-refractivity contribution in [2.75, 3.05) is 12.8 Å². The fourth-order valence-corrected chi connectivity index (χ4v) is 4.39. The van der Waals surface area contributed by atoms with Gasteiger partial charge in [0.25, 0.3) is 5.91 Å². The first-order valence-corrected chi connectivity index (χ1v) is 12.6. The van der Waals surface area contributed by atoms with Gasteiger partial charge in [-0.2, -0.15) is 0 Å². The van der Waals surface area contributed by atoms with Crippen LogP contribution in [0.25, 0.3) is 0 Å². The normalized spacial score (nSPS) is 19.5. The number of amides is 2. The molecule has 2 amide bonds. The molecule has 3 atom stereocenters. The summed E-state index contributed by atoms with van der Waals surface area (Å²) in [5.74, 6) is -2.45. The molecule has 0 saturated carbocycles. The summed E-state index contributed by atoms with van der Waals surface area (Å²) >= 11 is 0. The SMILES string of the molecule is CCC[C@H](C(=O)OC(C)(C)C)[C@@H](CC(C)C)C(=O)N1CCCC1C(=O)NS(C)(=O)=O. The molecular formula is C21H38N2O6S. The molecule has 1 fully saturated rings. The molecule has 0 aromatic rings. The van der Waals surface area contributed by atoms with E-state index in [9.17, 15) is 22.8 Å². The van der Waals surface area contributed by atoms with E-state index in [4.69, 9.17) is 4.74 Å². The molecule has 1 aliphatic heterocycles. The number of carbonyl (C=O) groups excluding carboxylic acids is 3. The zero-order valence-electron chi connectivity index (χ0n) is 19.4. The number of nitrogens with one attached hydrogen (secondary N) is 1. The Morgan fingerprint density at radius 3 is 2.23 bits per heavy atom. The maximum Gasteiger partial charge on any atom is 0.310 e. The first kappa shape index (κ1) is 26.4. The minimum atomic E-state index is -3.72. The van der Waals surface area contributed by atoms with E-state index in [-0.39, 0.29) is 11.8 Å². The Hall–Kier alpha value is -1.64. The lowest BCUT2D eigenvalue weighted by Crippen LogP contribution is -2.51. The monoisotopic (exact) mass is 446 g/mol. The zero-order valence-corrected chi connectivity index (χ0v) is 20.2. The van der Waals surface area contributed by atoms with Crippen molar-refractivity contribution in [2.45, 2.75) is 85.3 Å². The van der Waals surface area contributed by atoms with Crippen molar-refractivity contribution in [3.8, 4) is 0 Å². The second kappa shape index (κ2) is 10.6. The van der Waals surface area contributed by atoms with Crippen LogP contribution < -0.4 is 4.72 Å². The van der Waals surface area contributed by atoms with Gasteiger partial charge in [0.1, 0.15) is 11.6 Å². The summed E-state index contributed by atoms with van der Waals surface area (Å²) in [7, 11) is -3.72. The maximum atomic E-state index is 13.5. The fourth-order valence-electron chi connectivity index (χ4n) is 3.88. The maximum absolute atomic E-state index is 13.5. The average molecular weight is 447 g/mol. The van der Waals surface area contributed by atoms with Gasteiger partial charge in [-0.1, -0.05) is 27.2 Å². The van der Waals surface area contributed by atoms with Gasteiger partial charge in [0.15, 0.2) is 0 Å². The lowest BCUT2D eigenvalue weighted by Gasteiger charge is -2.33. The van der Waals surface area contributed by atoms with E-state index in [0.29, 0.717) is 38.6 Å². The smallest absolute Gasteiger partial charge is 0.310 e. The van der Waals surface area contributed by atoms with Crippen LogP contribution in [0.2, 0.25) is 0 Å². The minimum Gasteiger partial charge on any atom is -0.460 e. The topological polar surface area (TPSA) is 110 Å². The number of likely N-dealkylation sites (tertiary alicyclic amines) is 1. The van der Waals surface area contributed by atoms with Crippen LogP contribution in [-0.4, -0.2) is 55.5 Å². The van der Waals surface area contributed by atoms with Crippen LogP contribution in [-0.2, 0) is 29.1 Å². The predicted octanol–water partition coefficient (Wildman–Crippen LogP) is 2.47. The Labute approximate surface area is 181 Å². The van der Waals surface area contributed by atoms with E-state index in [1.165, 1.54) is 4.90 Å². The molecule has 9 heteroatoms. The third kappa shape index (κ3) is 8.24. The molecule has 0 aromatic heterocycles. The van der Waals surface area contributed by atoms with E-state index in [0.717, 1.165) is 6.26 Å². The quantitative estimate of drug-likeness (QED) is 0.545. The van der Waals surface area contributed by atoms with Gasteiger partial charge in [-0.05, 0) is 52.4 Å². The summed E-state index contributed by atoms with van der Waals surface area (Å²) in [6.07, 6.45) is 3.61. The standard InChI is InChI=1S/C21H38N2O6S/c1-8-10-15(20(26)29-21(4,5)6)16(13-14(2)3)19(25)23-12-9-11-17(23)18(24)22-30(7,27)28/h14-17H,8-13H2,1-7H3,(H,22,24)/t15-,16+,17?/m0/s1. The highest BCUT2D eigenvalue weighted by Crippen LogP contribution is 2.32. The Morgan fingerprint density at radius 1 is 1.17 bits per heavy atom. The van der Waals surface area contributed by atoms with Crippen molar-refractivity contribution in [2.24, 2.45) is 17.8 Å². The molecule has 0 radical (unpaired) electrons. The van der Waals surface area contributed by atoms with E-state index in [2.05, 4.69) is 0 Å². The number of nitrogens with zero attached hydrogens (tertiary/aromatic N) is 1. The highest BCUT2D eigenvalue weighted by Gasteiger charge is 2.43. The molecule has 0 spiro atoms. The first-order valence-electron chi connectivity index (χ1n) is 10.7. The average Bonchev–Trinajstić information content (AvgIpc) is 3.03. The van der Waals surface area contributed by atoms with Gasteiger partial charge in [0.2, 0.25) is 15.9 Å². The fraction of sp³-hybridized carbons (Fsp3) is 0.857. The Kier molecular flexibility index (Phi) is 9.32. The lowest BCUT2D eigenvalue weighted by atomic mass is 9.81. The number of hydrogen-bond donors (Lipinski definition) is 1. The van der Waals surface area contributed by atoms with E-state index in [1.54, 1.807) is 20.8 Å². The molecule has 0 aromatic carbocycles. The predicted molar refractivity (Wildman–Crippen MR) is 115 cm³/mol. The number of carbonyl (C=O) groups is 3. The molecule has 1 N–H and O–H groups in total. The number of hydrogen-bond acceptors (Lipinski definition) is 6. The van der Waals surface area contributed by atoms with Gasteiger partial charge >= 0.3 is 5.97 Å². The highest BCUT2D eigenvalue weighted by atomic mass is 32.2.